The molecule has 1 aliphatic heterocycles. The van der Waals surface area contributed by atoms with Crippen LogP contribution in [0.3, 0.4) is 0 Å². The number of aliphatic carboxylic acids is 1. The highest BCUT2D eigenvalue weighted by Crippen LogP contribution is 2.32. The van der Waals surface area contributed by atoms with Crippen molar-refractivity contribution >= 4 is 23.9 Å². The molecule has 1 N–H and O–H groups in total. The molecule has 1 atom stereocenters. The summed E-state index contributed by atoms with van der Waals surface area (Å²) < 4.78 is 13.7. The van der Waals surface area contributed by atoms with Crippen LogP contribution in [0.5, 0.6) is 0 Å². The third kappa shape index (κ3) is 2.77. The topological polar surface area (TPSA) is 60.9 Å². The van der Waals surface area contributed by atoms with Gasteiger partial charge in [-0.05, 0) is 6.07 Å². The Morgan fingerprint density at radius 2 is 2.14 bits per heavy atom. The Morgan fingerprint density at radius 1 is 1.48 bits per heavy atom. The molecular weight excluding hydrogens is 299 g/mol. The molecule has 2 rings (SSSR count). The summed E-state index contributed by atoms with van der Waals surface area (Å²) in [6, 6.07) is 5.00. The minimum atomic E-state index is -1.17. The van der Waals surface area contributed by atoms with Crippen molar-refractivity contribution in [2.24, 2.45) is 0 Å². The number of carboxylic acids is 1. The molecule has 0 fully saturated rings. The van der Waals surface area contributed by atoms with Crippen molar-refractivity contribution in [3.63, 3.8) is 0 Å². The number of hydrogen-bond donors (Lipinski definition) is 1. The van der Waals surface area contributed by atoms with Gasteiger partial charge in [0.2, 0.25) is 0 Å². The Kier molecular flexibility index (Phi) is 4.59. The van der Waals surface area contributed by atoms with E-state index < -0.39 is 17.8 Å². The summed E-state index contributed by atoms with van der Waals surface area (Å²) in [5.74, 6) is -1.59. The minimum absolute atomic E-state index is 0.0162. The van der Waals surface area contributed by atoms with Gasteiger partial charge in [0.05, 0.1) is 12.1 Å². The second-order valence-electron chi connectivity index (χ2n) is 4.51. The first-order chi connectivity index (χ1) is 10.0. The van der Waals surface area contributed by atoms with Crippen LogP contribution < -0.4 is 0 Å². The van der Waals surface area contributed by atoms with Crippen LogP contribution in [-0.4, -0.2) is 40.0 Å². The highest BCUT2D eigenvalue weighted by atomic mass is 35.5. The van der Waals surface area contributed by atoms with Crippen molar-refractivity contribution in [3.05, 3.63) is 46.4 Å². The van der Waals surface area contributed by atoms with Crippen molar-refractivity contribution in [1.29, 1.82) is 0 Å². The molecule has 0 saturated carbocycles. The molecule has 21 heavy (non-hydrogen) atoms. The van der Waals surface area contributed by atoms with Crippen LogP contribution in [0, 0.1) is 5.82 Å². The SMILES string of the molecule is CCN1C(C(=O)O)C(C=O)=C(Cl)N1Cc1ccccc1F. The fourth-order valence-corrected chi connectivity index (χ4v) is 2.65. The number of carboxylic acid groups (broad SMARTS) is 1. The fraction of sp³-hybridized carbons (Fsp3) is 0.286. The molecule has 0 radical (unpaired) electrons. The molecule has 112 valence electrons. The number of rotatable bonds is 5. The zero-order valence-electron chi connectivity index (χ0n) is 11.3. The first-order valence-electron chi connectivity index (χ1n) is 6.36. The molecule has 0 spiro atoms. The third-order valence-corrected chi connectivity index (χ3v) is 3.74. The predicted octanol–water partition coefficient (Wildman–Crippen LogP) is 1.98. The van der Waals surface area contributed by atoms with Crippen LogP contribution in [-0.2, 0) is 16.1 Å². The summed E-state index contributed by atoms with van der Waals surface area (Å²) in [5.41, 5.74) is 0.341. The van der Waals surface area contributed by atoms with Gasteiger partial charge in [-0.15, -0.1) is 0 Å². The Labute approximate surface area is 126 Å². The average molecular weight is 313 g/mol. The molecule has 0 amide bonds. The molecular formula is C14H14ClFN2O3. The lowest BCUT2D eigenvalue weighted by molar-refractivity contribution is -0.146. The molecule has 1 unspecified atom stereocenters. The zero-order chi connectivity index (χ0) is 15.6. The van der Waals surface area contributed by atoms with E-state index in [0.29, 0.717) is 18.4 Å². The van der Waals surface area contributed by atoms with E-state index in [-0.39, 0.29) is 17.3 Å². The Balaban J connectivity index is 2.38. The van der Waals surface area contributed by atoms with Gasteiger partial charge in [0.1, 0.15) is 11.0 Å². The van der Waals surface area contributed by atoms with Gasteiger partial charge < -0.3 is 5.11 Å². The first kappa shape index (κ1) is 15.5. The number of aldehydes is 1. The standard InChI is InChI=1S/C14H14ClFN2O3/c1-2-17-12(14(20)21)10(8-19)13(15)18(17)7-9-5-3-4-6-11(9)16/h3-6,8,12H,2,7H2,1H3,(H,20,21). The number of carbonyl (C=O) groups excluding carboxylic acids is 1. The van der Waals surface area contributed by atoms with Gasteiger partial charge in [0.25, 0.3) is 0 Å². The van der Waals surface area contributed by atoms with Gasteiger partial charge in [0.15, 0.2) is 12.3 Å². The van der Waals surface area contributed by atoms with Crippen molar-refractivity contribution in [2.45, 2.75) is 19.5 Å². The fourth-order valence-electron chi connectivity index (χ4n) is 2.35. The average Bonchev–Trinajstić information content (AvgIpc) is 2.73. The lowest BCUT2D eigenvalue weighted by Crippen LogP contribution is -2.45. The lowest BCUT2D eigenvalue weighted by atomic mass is 10.1. The molecule has 7 heteroatoms. The summed E-state index contributed by atoms with van der Waals surface area (Å²) in [7, 11) is 0. The number of hydrogen-bond acceptors (Lipinski definition) is 4. The van der Waals surface area contributed by atoms with Crippen LogP contribution in [0.25, 0.3) is 0 Å². The summed E-state index contributed by atoms with van der Waals surface area (Å²) in [6.07, 6.45) is 0.436. The smallest absolute Gasteiger partial charge is 0.327 e. The number of benzene rings is 1. The summed E-state index contributed by atoms with van der Waals surface area (Å²) in [4.78, 5) is 22.5. The summed E-state index contributed by atoms with van der Waals surface area (Å²) in [6.45, 7) is 2.11. The largest absolute Gasteiger partial charge is 0.480 e. The maximum Gasteiger partial charge on any atom is 0.327 e. The molecule has 1 heterocycles. The molecule has 0 aliphatic carbocycles. The van der Waals surface area contributed by atoms with Crippen LogP contribution in [0.15, 0.2) is 35.0 Å². The van der Waals surface area contributed by atoms with E-state index in [4.69, 9.17) is 11.6 Å². The molecule has 0 bridgehead atoms. The third-order valence-electron chi connectivity index (χ3n) is 3.33. The maximum atomic E-state index is 13.7. The second-order valence-corrected chi connectivity index (χ2v) is 4.87. The molecule has 1 aliphatic rings. The summed E-state index contributed by atoms with van der Waals surface area (Å²) in [5, 5.41) is 12.1. The van der Waals surface area contributed by atoms with Gasteiger partial charge in [-0.25, -0.2) is 9.40 Å². The predicted molar refractivity (Wildman–Crippen MR) is 74.7 cm³/mol. The van der Waals surface area contributed by atoms with Crippen LogP contribution in [0.1, 0.15) is 12.5 Å². The van der Waals surface area contributed by atoms with E-state index in [0.717, 1.165) is 0 Å². The number of likely N-dealkylation sites (N-methyl/N-ethyl adjacent to an activating group) is 1. The summed E-state index contributed by atoms with van der Waals surface area (Å²) >= 11 is 6.11. The van der Waals surface area contributed by atoms with Crippen LogP contribution in [0.4, 0.5) is 4.39 Å². The van der Waals surface area contributed by atoms with Crippen molar-refractivity contribution < 1.29 is 19.1 Å². The quantitative estimate of drug-likeness (QED) is 0.665. The number of nitrogens with zero attached hydrogens (tertiary/aromatic N) is 2. The highest BCUT2D eigenvalue weighted by molar-refractivity contribution is 6.31. The number of halogens is 2. The first-order valence-corrected chi connectivity index (χ1v) is 6.74. The van der Waals surface area contributed by atoms with Gasteiger partial charge >= 0.3 is 5.97 Å². The molecule has 1 aromatic carbocycles. The second kappa shape index (κ2) is 6.24. The molecule has 1 aromatic rings. The van der Waals surface area contributed by atoms with Gasteiger partial charge in [-0.3, -0.25) is 14.6 Å². The van der Waals surface area contributed by atoms with Gasteiger partial charge in [-0.2, -0.15) is 0 Å². The normalized spacial score (nSPS) is 19.2. The minimum Gasteiger partial charge on any atom is -0.480 e. The van der Waals surface area contributed by atoms with E-state index >= 15 is 0 Å². The van der Waals surface area contributed by atoms with Crippen LogP contribution >= 0.6 is 11.6 Å². The Bertz CT molecular complexity index is 606. The zero-order valence-corrected chi connectivity index (χ0v) is 12.0. The van der Waals surface area contributed by atoms with Crippen molar-refractivity contribution in [2.75, 3.05) is 6.54 Å². The highest BCUT2D eigenvalue weighted by Gasteiger charge is 2.41. The Morgan fingerprint density at radius 3 is 2.67 bits per heavy atom. The number of hydrazine groups is 1. The van der Waals surface area contributed by atoms with Crippen molar-refractivity contribution in [3.8, 4) is 0 Å². The van der Waals surface area contributed by atoms with E-state index in [1.54, 1.807) is 25.1 Å². The van der Waals surface area contributed by atoms with Crippen molar-refractivity contribution in [1.82, 2.24) is 10.0 Å². The van der Waals surface area contributed by atoms with Crippen LogP contribution in [0.2, 0.25) is 0 Å². The maximum absolute atomic E-state index is 13.7. The van der Waals surface area contributed by atoms with E-state index in [1.165, 1.54) is 16.1 Å². The van der Waals surface area contributed by atoms with E-state index in [2.05, 4.69) is 0 Å². The van der Waals surface area contributed by atoms with E-state index in [9.17, 15) is 19.1 Å². The monoisotopic (exact) mass is 312 g/mol. The molecule has 0 aromatic heterocycles. The van der Waals surface area contributed by atoms with Gasteiger partial charge in [0, 0.05) is 12.1 Å². The van der Waals surface area contributed by atoms with Gasteiger partial charge in [-0.1, -0.05) is 36.7 Å². The molecule has 5 nitrogen and oxygen atoms in total. The number of carbonyl (C=O) groups is 2. The Hall–Kier alpha value is -1.92. The lowest BCUT2D eigenvalue weighted by Gasteiger charge is -2.32. The molecule has 0 saturated heterocycles. The van der Waals surface area contributed by atoms with E-state index in [1.807, 2.05) is 0 Å².